The summed E-state index contributed by atoms with van der Waals surface area (Å²) in [6.07, 6.45) is 2.65. The molecule has 0 spiro atoms. The summed E-state index contributed by atoms with van der Waals surface area (Å²) in [5.74, 6) is 1.46. The van der Waals surface area contributed by atoms with Crippen molar-refractivity contribution in [1.29, 1.82) is 0 Å². The van der Waals surface area contributed by atoms with Gasteiger partial charge in [0.25, 0.3) is 0 Å². The van der Waals surface area contributed by atoms with E-state index in [1.807, 2.05) is 0 Å². The summed E-state index contributed by atoms with van der Waals surface area (Å²) in [6, 6.07) is 23.6. The maximum Gasteiger partial charge on any atom is 0.0352 e. The lowest BCUT2D eigenvalue weighted by Gasteiger charge is -2.26. The third-order valence-corrected chi connectivity index (χ3v) is 5.46. The monoisotopic (exact) mass is 277 g/mol. The first-order valence-electron chi connectivity index (χ1n) is 8.20. The smallest absolute Gasteiger partial charge is 0.0352 e. The highest BCUT2D eigenvalue weighted by Gasteiger charge is 2.46. The van der Waals surface area contributed by atoms with E-state index in [9.17, 15) is 0 Å². The molecule has 1 nitrogen and oxygen atoms in total. The van der Waals surface area contributed by atoms with Crippen molar-refractivity contribution < 1.29 is 0 Å². The van der Waals surface area contributed by atoms with E-state index in [4.69, 9.17) is 0 Å². The van der Waals surface area contributed by atoms with Crippen LogP contribution < -0.4 is 0 Å². The van der Waals surface area contributed by atoms with Gasteiger partial charge in [-0.15, -0.1) is 0 Å². The van der Waals surface area contributed by atoms with Gasteiger partial charge in [0.2, 0.25) is 0 Å². The first kappa shape index (κ1) is 13.1. The standard InChI is InChI=1S/C20H23N/c1-15-14-21-18(16-8-4-2-5-9-16)12-13-19(21)20(15)17-10-6-3-7-11-17/h2-11,15,18-20H,12-14H2,1H3/t15-,18-,19-,20-/m1/s1. The summed E-state index contributed by atoms with van der Waals surface area (Å²) in [4.78, 5) is 2.78. The normalized spacial score (nSPS) is 32.2. The fraction of sp³-hybridized carbons (Fsp3) is 0.400. The molecule has 0 radical (unpaired) electrons. The highest BCUT2D eigenvalue weighted by molar-refractivity contribution is 5.28. The minimum atomic E-state index is 0.632. The van der Waals surface area contributed by atoms with Crippen molar-refractivity contribution in [1.82, 2.24) is 4.90 Å². The minimum absolute atomic E-state index is 0.632. The van der Waals surface area contributed by atoms with E-state index in [1.165, 1.54) is 30.5 Å². The van der Waals surface area contributed by atoms with Crippen LogP contribution in [0.4, 0.5) is 0 Å². The van der Waals surface area contributed by atoms with E-state index in [0.29, 0.717) is 12.0 Å². The number of rotatable bonds is 2. The lowest BCUT2D eigenvalue weighted by Crippen LogP contribution is -2.27. The Balaban J connectivity index is 1.63. The predicted molar refractivity (Wildman–Crippen MR) is 87.3 cm³/mol. The molecule has 4 atom stereocenters. The van der Waals surface area contributed by atoms with Crippen LogP contribution in [-0.2, 0) is 0 Å². The third-order valence-electron chi connectivity index (χ3n) is 5.46. The van der Waals surface area contributed by atoms with Crippen LogP contribution in [0.3, 0.4) is 0 Å². The molecule has 2 aliphatic rings. The number of benzene rings is 2. The average molecular weight is 277 g/mol. The Morgan fingerprint density at radius 2 is 1.43 bits per heavy atom. The molecule has 0 unspecified atom stereocenters. The van der Waals surface area contributed by atoms with Crippen molar-refractivity contribution in [2.24, 2.45) is 5.92 Å². The molecule has 2 heterocycles. The Morgan fingerprint density at radius 3 is 2.10 bits per heavy atom. The lowest BCUT2D eigenvalue weighted by molar-refractivity contribution is 0.239. The summed E-state index contributed by atoms with van der Waals surface area (Å²) in [5.41, 5.74) is 3.03. The first-order chi connectivity index (χ1) is 10.3. The van der Waals surface area contributed by atoms with Gasteiger partial charge in [0, 0.05) is 24.5 Å². The predicted octanol–water partition coefficient (Wildman–Crippen LogP) is 4.63. The average Bonchev–Trinajstić information content (AvgIpc) is 3.06. The zero-order valence-corrected chi connectivity index (χ0v) is 12.7. The van der Waals surface area contributed by atoms with Gasteiger partial charge >= 0.3 is 0 Å². The number of fused-ring (bicyclic) bond motifs is 1. The summed E-state index contributed by atoms with van der Waals surface area (Å²) in [6.45, 7) is 3.67. The summed E-state index contributed by atoms with van der Waals surface area (Å²) in [7, 11) is 0. The van der Waals surface area contributed by atoms with Crippen molar-refractivity contribution in [3.8, 4) is 0 Å². The molecule has 0 bridgehead atoms. The van der Waals surface area contributed by atoms with Crippen LogP contribution in [-0.4, -0.2) is 17.5 Å². The Labute approximate surface area is 127 Å². The molecule has 0 N–H and O–H groups in total. The fourth-order valence-electron chi connectivity index (χ4n) is 4.62. The van der Waals surface area contributed by atoms with Crippen LogP contribution in [0.25, 0.3) is 0 Å². The van der Waals surface area contributed by atoms with Crippen LogP contribution in [0.5, 0.6) is 0 Å². The Morgan fingerprint density at radius 1 is 0.810 bits per heavy atom. The van der Waals surface area contributed by atoms with E-state index in [1.54, 1.807) is 0 Å². The quantitative estimate of drug-likeness (QED) is 0.774. The highest BCUT2D eigenvalue weighted by Crippen LogP contribution is 2.49. The van der Waals surface area contributed by atoms with Crippen molar-refractivity contribution in [3.05, 3.63) is 71.8 Å². The zero-order valence-electron chi connectivity index (χ0n) is 12.7. The van der Waals surface area contributed by atoms with Crippen molar-refractivity contribution in [2.75, 3.05) is 6.54 Å². The molecule has 2 aromatic rings. The van der Waals surface area contributed by atoms with E-state index >= 15 is 0 Å². The van der Waals surface area contributed by atoms with E-state index < -0.39 is 0 Å². The largest absolute Gasteiger partial charge is 0.292 e. The second kappa shape index (κ2) is 5.31. The van der Waals surface area contributed by atoms with Gasteiger partial charge in [0.1, 0.15) is 0 Å². The Kier molecular flexibility index (Phi) is 3.31. The molecular weight excluding hydrogens is 254 g/mol. The zero-order chi connectivity index (χ0) is 14.2. The molecule has 0 saturated carbocycles. The second-order valence-corrected chi connectivity index (χ2v) is 6.68. The van der Waals surface area contributed by atoms with Gasteiger partial charge in [-0.3, -0.25) is 4.90 Å². The molecule has 4 rings (SSSR count). The maximum absolute atomic E-state index is 2.78. The van der Waals surface area contributed by atoms with E-state index in [2.05, 4.69) is 72.5 Å². The van der Waals surface area contributed by atoms with Crippen LogP contribution in [0.1, 0.15) is 42.9 Å². The first-order valence-corrected chi connectivity index (χ1v) is 8.20. The van der Waals surface area contributed by atoms with Gasteiger partial charge < -0.3 is 0 Å². The van der Waals surface area contributed by atoms with Crippen LogP contribution in [0.15, 0.2) is 60.7 Å². The summed E-state index contributed by atoms with van der Waals surface area (Å²) < 4.78 is 0. The summed E-state index contributed by atoms with van der Waals surface area (Å²) in [5, 5.41) is 0. The van der Waals surface area contributed by atoms with Gasteiger partial charge in [-0.1, -0.05) is 67.6 Å². The molecule has 21 heavy (non-hydrogen) atoms. The van der Waals surface area contributed by atoms with Gasteiger partial charge in [-0.25, -0.2) is 0 Å². The van der Waals surface area contributed by atoms with Gasteiger partial charge in [-0.2, -0.15) is 0 Å². The highest BCUT2D eigenvalue weighted by atomic mass is 15.2. The number of hydrogen-bond donors (Lipinski definition) is 0. The second-order valence-electron chi connectivity index (χ2n) is 6.68. The van der Waals surface area contributed by atoms with Gasteiger partial charge in [0.05, 0.1) is 0 Å². The molecule has 0 amide bonds. The minimum Gasteiger partial charge on any atom is -0.292 e. The van der Waals surface area contributed by atoms with Crippen LogP contribution in [0, 0.1) is 5.92 Å². The molecule has 2 saturated heterocycles. The summed E-state index contributed by atoms with van der Waals surface area (Å²) >= 11 is 0. The van der Waals surface area contributed by atoms with Gasteiger partial charge in [0.15, 0.2) is 0 Å². The van der Waals surface area contributed by atoms with Crippen molar-refractivity contribution in [3.63, 3.8) is 0 Å². The number of nitrogens with zero attached hydrogens (tertiary/aromatic N) is 1. The fourth-order valence-corrected chi connectivity index (χ4v) is 4.62. The van der Waals surface area contributed by atoms with Crippen molar-refractivity contribution >= 4 is 0 Å². The molecule has 108 valence electrons. The SMILES string of the molecule is C[C@@H]1CN2[C@@H](c3ccccc3)CC[C@@H]2[C@H]1c1ccccc1. The molecule has 2 fully saturated rings. The third kappa shape index (κ3) is 2.20. The molecule has 0 aromatic heterocycles. The van der Waals surface area contributed by atoms with Gasteiger partial charge in [-0.05, 0) is 29.9 Å². The molecule has 0 aliphatic carbocycles. The molecule has 1 heteroatoms. The van der Waals surface area contributed by atoms with Crippen LogP contribution >= 0.6 is 0 Å². The molecule has 2 aromatic carbocycles. The number of hydrogen-bond acceptors (Lipinski definition) is 1. The Hall–Kier alpha value is -1.60. The Bertz CT molecular complexity index is 592. The van der Waals surface area contributed by atoms with E-state index in [0.717, 1.165) is 12.0 Å². The van der Waals surface area contributed by atoms with Crippen molar-refractivity contribution in [2.45, 2.75) is 37.8 Å². The van der Waals surface area contributed by atoms with Crippen LogP contribution in [0.2, 0.25) is 0 Å². The molecular formula is C20H23N. The van der Waals surface area contributed by atoms with E-state index in [-0.39, 0.29) is 0 Å². The molecule has 2 aliphatic heterocycles. The lowest BCUT2D eigenvalue weighted by atomic mass is 9.84. The topological polar surface area (TPSA) is 3.24 Å². The maximum atomic E-state index is 2.78.